The summed E-state index contributed by atoms with van der Waals surface area (Å²) in [5.41, 5.74) is 0.0975. The van der Waals surface area contributed by atoms with Crippen molar-refractivity contribution in [2.45, 2.75) is 90.3 Å². The van der Waals surface area contributed by atoms with Crippen molar-refractivity contribution in [3.05, 3.63) is 24.0 Å². The van der Waals surface area contributed by atoms with Crippen molar-refractivity contribution >= 4 is 23.4 Å². The third-order valence-corrected chi connectivity index (χ3v) is 8.86. The Morgan fingerprint density at radius 1 is 1.03 bits per heavy atom. The molecule has 0 radical (unpaired) electrons. The molecule has 38 heavy (non-hydrogen) atoms. The van der Waals surface area contributed by atoms with Crippen LogP contribution in [0.3, 0.4) is 0 Å². The number of nitrogens with zero attached hydrogens (tertiary/aromatic N) is 4. The Labute approximate surface area is 226 Å². The zero-order chi connectivity index (χ0) is 27.1. The second-order valence-electron chi connectivity index (χ2n) is 12.6. The quantitative estimate of drug-likeness (QED) is 0.510. The molecule has 4 aliphatic heterocycles. The highest BCUT2D eigenvalue weighted by Crippen LogP contribution is 2.44. The molecule has 0 unspecified atom stereocenters. The van der Waals surface area contributed by atoms with Gasteiger partial charge < -0.3 is 19.4 Å². The molecule has 9 heteroatoms. The van der Waals surface area contributed by atoms with Crippen LogP contribution in [0.5, 0.6) is 0 Å². The van der Waals surface area contributed by atoms with E-state index in [-0.39, 0.29) is 11.7 Å². The van der Waals surface area contributed by atoms with E-state index in [9.17, 15) is 9.59 Å². The van der Waals surface area contributed by atoms with E-state index in [0.29, 0.717) is 56.7 Å². The first-order valence-electron chi connectivity index (χ1n) is 14.3. The van der Waals surface area contributed by atoms with Crippen molar-refractivity contribution in [1.29, 1.82) is 0 Å². The van der Waals surface area contributed by atoms with Crippen molar-refractivity contribution < 1.29 is 23.6 Å². The molecule has 4 saturated heterocycles. The molecule has 4 fully saturated rings. The summed E-state index contributed by atoms with van der Waals surface area (Å²) in [7, 11) is 0. The lowest BCUT2D eigenvalue weighted by Gasteiger charge is -2.38. The molecule has 1 aromatic rings. The lowest BCUT2D eigenvalue weighted by molar-refractivity contribution is -0.166. The molecule has 5 rings (SSSR count). The minimum atomic E-state index is -0.732. The SMILES string of the molecule is C[C@H]1CCCCN1[C@H]1CCN(c2ccc(N3CCC4(CCN(OC(=O)OC(C)(C)C)CC4)C3=O)c(F)c2)C1. The zero-order valence-corrected chi connectivity index (χ0v) is 23.4. The number of halogens is 1. The molecule has 0 aliphatic carbocycles. The summed E-state index contributed by atoms with van der Waals surface area (Å²) >= 11 is 0. The fourth-order valence-corrected chi connectivity index (χ4v) is 6.72. The Morgan fingerprint density at radius 3 is 2.45 bits per heavy atom. The van der Waals surface area contributed by atoms with E-state index in [2.05, 4.69) is 16.7 Å². The number of hydrogen-bond acceptors (Lipinski definition) is 7. The highest BCUT2D eigenvalue weighted by atomic mass is 19.1. The van der Waals surface area contributed by atoms with E-state index >= 15 is 4.39 Å². The molecule has 4 aliphatic rings. The Hall–Kier alpha value is -2.39. The fraction of sp³-hybridized carbons (Fsp3) is 0.724. The molecule has 0 N–H and O–H groups in total. The number of rotatable bonds is 4. The normalized spacial score (nSPS) is 26.8. The van der Waals surface area contributed by atoms with Gasteiger partial charge in [-0.05, 0) is 91.0 Å². The zero-order valence-electron chi connectivity index (χ0n) is 23.4. The van der Waals surface area contributed by atoms with Gasteiger partial charge in [0.15, 0.2) is 0 Å². The first-order chi connectivity index (χ1) is 18.0. The number of likely N-dealkylation sites (tertiary alicyclic amines) is 1. The van der Waals surface area contributed by atoms with Gasteiger partial charge in [0.05, 0.1) is 11.1 Å². The number of piperidine rings is 2. The third kappa shape index (κ3) is 5.64. The van der Waals surface area contributed by atoms with Gasteiger partial charge in [-0.1, -0.05) is 6.42 Å². The van der Waals surface area contributed by atoms with Crippen molar-refractivity contribution in [2.24, 2.45) is 5.41 Å². The van der Waals surface area contributed by atoms with Gasteiger partial charge in [0.2, 0.25) is 5.91 Å². The van der Waals surface area contributed by atoms with Gasteiger partial charge in [0, 0.05) is 50.5 Å². The lowest BCUT2D eigenvalue weighted by Crippen LogP contribution is -2.46. The number of benzene rings is 1. The summed E-state index contributed by atoms with van der Waals surface area (Å²) in [6.07, 6.45) is 6.03. The van der Waals surface area contributed by atoms with Gasteiger partial charge in [-0.2, -0.15) is 0 Å². The summed E-state index contributed by atoms with van der Waals surface area (Å²) in [6, 6.07) is 6.50. The monoisotopic (exact) mass is 530 g/mol. The van der Waals surface area contributed by atoms with E-state index in [0.717, 1.165) is 31.7 Å². The third-order valence-electron chi connectivity index (χ3n) is 8.86. The van der Waals surface area contributed by atoms with E-state index in [4.69, 9.17) is 9.57 Å². The summed E-state index contributed by atoms with van der Waals surface area (Å²) in [5, 5.41) is 1.57. The number of anilines is 2. The van der Waals surface area contributed by atoms with Crippen molar-refractivity contribution in [3.63, 3.8) is 0 Å². The van der Waals surface area contributed by atoms with Gasteiger partial charge in [-0.15, -0.1) is 5.06 Å². The van der Waals surface area contributed by atoms with E-state index in [1.165, 1.54) is 19.3 Å². The first-order valence-corrected chi connectivity index (χ1v) is 14.3. The molecule has 0 bridgehead atoms. The average Bonchev–Trinajstić information content (AvgIpc) is 3.46. The maximum Gasteiger partial charge on any atom is 0.528 e. The molecular weight excluding hydrogens is 487 g/mol. The van der Waals surface area contributed by atoms with Crippen LogP contribution in [0.25, 0.3) is 0 Å². The number of ether oxygens (including phenoxy) is 1. The van der Waals surface area contributed by atoms with E-state index in [1.54, 1.807) is 42.9 Å². The number of hydroxylamine groups is 2. The van der Waals surface area contributed by atoms with Crippen LogP contribution in [-0.2, 0) is 14.4 Å². The fourth-order valence-electron chi connectivity index (χ4n) is 6.72. The number of hydrogen-bond donors (Lipinski definition) is 0. The minimum Gasteiger partial charge on any atom is -0.427 e. The molecule has 1 spiro atoms. The van der Waals surface area contributed by atoms with Crippen LogP contribution in [-0.4, -0.2) is 79.0 Å². The predicted molar refractivity (Wildman–Crippen MR) is 145 cm³/mol. The summed E-state index contributed by atoms with van der Waals surface area (Å²) in [6.45, 7) is 12.1. The van der Waals surface area contributed by atoms with Crippen LogP contribution < -0.4 is 9.80 Å². The van der Waals surface area contributed by atoms with Crippen LogP contribution in [0.2, 0.25) is 0 Å². The standard InChI is InChI=1S/C29H43FN4O4/c1-21-7-5-6-14-33(21)23-10-15-31(20-23)22-8-9-25(24(30)19-22)34-18-13-29(26(34)35)11-16-32(17-12-29)38-27(36)37-28(2,3)4/h8-9,19,21,23H,5-7,10-18,20H2,1-4H3/t21-,23-/m0/s1. The van der Waals surface area contributed by atoms with Crippen molar-refractivity contribution in [2.75, 3.05) is 49.1 Å². The van der Waals surface area contributed by atoms with Crippen LogP contribution in [0.15, 0.2) is 18.2 Å². The molecule has 4 heterocycles. The molecular formula is C29H43FN4O4. The first kappa shape index (κ1) is 27.2. The van der Waals surface area contributed by atoms with Crippen molar-refractivity contribution in [3.8, 4) is 0 Å². The summed E-state index contributed by atoms with van der Waals surface area (Å²) < 4.78 is 20.7. The largest absolute Gasteiger partial charge is 0.528 e. The van der Waals surface area contributed by atoms with Crippen LogP contribution in [0, 0.1) is 11.2 Å². The second-order valence-corrected chi connectivity index (χ2v) is 12.6. The maximum atomic E-state index is 15.4. The van der Waals surface area contributed by atoms with Crippen LogP contribution in [0.4, 0.5) is 20.6 Å². The molecule has 0 aromatic heterocycles. The van der Waals surface area contributed by atoms with Gasteiger partial charge in [0.1, 0.15) is 11.4 Å². The molecule has 1 aromatic carbocycles. The minimum absolute atomic E-state index is 0.0265. The topological polar surface area (TPSA) is 65.6 Å². The Morgan fingerprint density at radius 2 is 1.76 bits per heavy atom. The van der Waals surface area contributed by atoms with Crippen LogP contribution >= 0.6 is 0 Å². The molecule has 2 atom stereocenters. The Balaban J connectivity index is 1.18. The van der Waals surface area contributed by atoms with Gasteiger partial charge in [-0.25, -0.2) is 9.18 Å². The maximum absolute atomic E-state index is 15.4. The highest BCUT2D eigenvalue weighted by molar-refractivity contribution is 6.00. The van der Waals surface area contributed by atoms with Crippen LogP contribution in [0.1, 0.15) is 72.6 Å². The number of carbonyl (C=O) groups excluding carboxylic acids is 2. The Kier molecular flexibility index (Phi) is 7.61. The highest BCUT2D eigenvalue weighted by Gasteiger charge is 2.49. The summed E-state index contributed by atoms with van der Waals surface area (Å²) in [5.74, 6) is -0.366. The van der Waals surface area contributed by atoms with E-state index in [1.807, 2.05) is 6.07 Å². The lowest BCUT2D eigenvalue weighted by atomic mass is 9.77. The number of carbonyl (C=O) groups is 2. The van der Waals surface area contributed by atoms with Gasteiger partial charge >= 0.3 is 6.16 Å². The number of amides is 1. The summed E-state index contributed by atoms with van der Waals surface area (Å²) in [4.78, 5) is 37.4. The molecule has 8 nitrogen and oxygen atoms in total. The van der Waals surface area contributed by atoms with Gasteiger partial charge in [0.25, 0.3) is 0 Å². The smallest absolute Gasteiger partial charge is 0.427 e. The Bertz CT molecular complexity index is 1040. The molecule has 210 valence electrons. The second kappa shape index (κ2) is 10.6. The van der Waals surface area contributed by atoms with Crippen molar-refractivity contribution in [1.82, 2.24) is 9.96 Å². The van der Waals surface area contributed by atoms with E-state index < -0.39 is 17.2 Å². The van der Waals surface area contributed by atoms with Gasteiger partial charge in [-0.3, -0.25) is 9.69 Å². The molecule has 1 amide bonds. The predicted octanol–water partition coefficient (Wildman–Crippen LogP) is 4.96. The molecule has 0 saturated carbocycles. The average molecular weight is 531 g/mol.